The smallest absolute Gasteiger partial charge is 0.326 e. The second-order valence-corrected chi connectivity index (χ2v) is 7.41. The minimum atomic E-state index is -0.570. The maximum Gasteiger partial charge on any atom is 0.326 e. The van der Waals surface area contributed by atoms with Crippen molar-refractivity contribution in [2.24, 2.45) is 0 Å². The molecule has 0 saturated carbocycles. The van der Waals surface area contributed by atoms with E-state index < -0.39 is 5.91 Å². The number of hydrogen-bond acceptors (Lipinski definition) is 4. The lowest BCUT2D eigenvalue weighted by molar-refractivity contribution is -0.124. The summed E-state index contributed by atoms with van der Waals surface area (Å²) in [4.78, 5) is 28.1. The van der Waals surface area contributed by atoms with Crippen molar-refractivity contribution in [3.05, 3.63) is 96.1 Å². The number of fused-ring (bicyclic) bond motifs is 1. The quantitative estimate of drug-likeness (QED) is 0.322. The molecule has 0 radical (unpaired) electrons. The zero-order chi connectivity index (χ0) is 22.3. The topological polar surface area (TPSA) is 84.9 Å². The summed E-state index contributed by atoms with van der Waals surface area (Å²) in [6.07, 6.45) is 2.90. The number of rotatable bonds is 5. The number of hydrogen-bond donors (Lipinski definition) is 3. The molecular weight excluding hydrogens is 404 g/mol. The third-order valence-corrected chi connectivity index (χ3v) is 5.27. The van der Waals surface area contributed by atoms with E-state index in [0.717, 1.165) is 28.2 Å². The summed E-state index contributed by atoms with van der Waals surface area (Å²) >= 11 is 0. The van der Waals surface area contributed by atoms with Gasteiger partial charge in [-0.2, -0.15) is 0 Å². The lowest BCUT2D eigenvalue weighted by Crippen LogP contribution is -2.45. The van der Waals surface area contributed by atoms with Crippen molar-refractivity contribution in [3.63, 3.8) is 0 Å². The number of benzene rings is 3. The summed E-state index contributed by atoms with van der Waals surface area (Å²) in [5.41, 5.74) is 6.20. The normalized spacial score (nSPS) is 13.0. The molecule has 1 aliphatic rings. The minimum absolute atomic E-state index is 0.147. The first-order chi connectivity index (χ1) is 15.6. The van der Waals surface area contributed by atoms with E-state index in [-0.39, 0.29) is 6.03 Å². The van der Waals surface area contributed by atoms with Gasteiger partial charge in [0.1, 0.15) is 0 Å². The van der Waals surface area contributed by atoms with Gasteiger partial charge in [0.15, 0.2) is 0 Å². The van der Waals surface area contributed by atoms with E-state index in [1.807, 2.05) is 78.9 Å². The van der Waals surface area contributed by atoms with Crippen molar-refractivity contribution in [2.75, 3.05) is 28.2 Å². The number of para-hydroxylation sites is 3. The number of hydroxylamine groups is 1. The molecule has 0 saturated heterocycles. The Morgan fingerprint density at radius 3 is 2.28 bits per heavy atom. The lowest BCUT2D eigenvalue weighted by atomic mass is 10.1. The van der Waals surface area contributed by atoms with Crippen molar-refractivity contribution >= 4 is 35.1 Å². The summed E-state index contributed by atoms with van der Waals surface area (Å²) in [6.45, 7) is 1.98. The molecule has 0 atom stereocenters. The molecule has 3 N–H and O–H groups in total. The predicted octanol–water partition coefficient (Wildman–Crippen LogP) is 4.26. The maximum absolute atomic E-state index is 12.9. The number of nitrogens with zero attached hydrogens (tertiary/aromatic N) is 2. The number of nitrogens with one attached hydrogen (secondary N) is 2. The zero-order valence-corrected chi connectivity index (χ0v) is 17.4. The fraction of sp³-hybridized carbons (Fsp3) is 0.120. The van der Waals surface area contributed by atoms with E-state index in [9.17, 15) is 9.59 Å². The van der Waals surface area contributed by atoms with Crippen LogP contribution < -0.4 is 20.6 Å². The van der Waals surface area contributed by atoms with Gasteiger partial charge in [-0.3, -0.25) is 14.9 Å². The molecule has 1 aliphatic heterocycles. The molecule has 1 heterocycles. The SMILES string of the molecule is O=C(/C=C/c1ccc(CN2CCN(C(=O)Nc3ccccc3)c3ccccc32)cc1)NO. The largest absolute Gasteiger partial charge is 0.364 e. The highest BCUT2D eigenvalue weighted by molar-refractivity contribution is 6.04. The molecule has 7 nitrogen and oxygen atoms in total. The summed E-state index contributed by atoms with van der Waals surface area (Å²) in [6, 6.07) is 25.1. The standard InChI is InChI=1S/C25H24N4O3/c30-24(27-32)15-14-19-10-12-20(13-11-19)18-28-16-17-29(23-9-5-4-8-22(23)28)25(31)26-21-6-2-1-3-7-21/h1-15,32H,16-18H2,(H,26,31)(H,27,30)/b15-14+. The van der Waals surface area contributed by atoms with Crippen LogP contribution in [0.2, 0.25) is 0 Å². The third-order valence-electron chi connectivity index (χ3n) is 5.27. The molecule has 162 valence electrons. The van der Waals surface area contributed by atoms with E-state index in [4.69, 9.17) is 5.21 Å². The average Bonchev–Trinajstić information content (AvgIpc) is 2.84. The van der Waals surface area contributed by atoms with Gasteiger partial charge in [-0.25, -0.2) is 10.3 Å². The van der Waals surface area contributed by atoms with Crippen molar-refractivity contribution < 1.29 is 14.8 Å². The Balaban J connectivity index is 1.47. The van der Waals surface area contributed by atoms with Crippen LogP contribution >= 0.6 is 0 Å². The van der Waals surface area contributed by atoms with E-state index in [0.29, 0.717) is 19.6 Å². The maximum atomic E-state index is 12.9. The molecule has 0 aromatic heterocycles. The van der Waals surface area contributed by atoms with Crippen LogP contribution in [0.15, 0.2) is 84.9 Å². The molecule has 0 spiro atoms. The number of anilines is 3. The summed E-state index contributed by atoms with van der Waals surface area (Å²) in [5.74, 6) is -0.570. The Bertz CT molecular complexity index is 1110. The molecule has 3 aromatic rings. The molecule has 3 amide bonds. The van der Waals surface area contributed by atoms with Crippen molar-refractivity contribution in [1.29, 1.82) is 0 Å². The number of urea groups is 1. The van der Waals surface area contributed by atoms with Crippen LogP contribution in [0.5, 0.6) is 0 Å². The Kier molecular flexibility index (Phi) is 6.48. The van der Waals surface area contributed by atoms with Gasteiger partial charge in [-0.05, 0) is 41.5 Å². The Labute approximate surface area is 186 Å². The second kappa shape index (κ2) is 9.80. The summed E-state index contributed by atoms with van der Waals surface area (Å²) in [5, 5.41) is 11.5. The monoisotopic (exact) mass is 428 g/mol. The predicted molar refractivity (Wildman–Crippen MR) is 126 cm³/mol. The van der Waals surface area contributed by atoms with Gasteiger partial charge in [0, 0.05) is 31.4 Å². The first-order valence-corrected chi connectivity index (χ1v) is 10.3. The highest BCUT2D eigenvalue weighted by Crippen LogP contribution is 2.34. The lowest BCUT2D eigenvalue weighted by Gasteiger charge is -2.37. The van der Waals surface area contributed by atoms with Crippen LogP contribution in [0.1, 0.15) is 11.1 Å². The van der Waals surface area contributed by atoms with Crippen LogP contribution in [0.3, 0.4) is 0 Å². The van der Waals surface area contributed by atoms with Gasteiger partial charge in [0.25, 0.3) is 5.91 Å². The molecule has 0 aliphatic carbocycles. The number of carbonyl (C=O) groups is 2. The number of carbonyl (C=O) groups excluding carboxylic acids is 2. The second-order valence-electron chi connectivity index (χ2n) is 7.41. The van der Waals surface area contributed by atoms with Crippen molar-refractivity contribution in [3.8, 4) is 0 Å². The first-order valence-electron chi connectivity index (χ1n) is 10.3. The molecule has 0 fully saturated rings. The Morgan fingerprint density at radius 2 is 1.56 bits per heavy atom. The van der Waals surface area contributed by atoms with Gasteiger partial charge in [0.05, 0.1) is 11.4 Å². The van der Waals surface area contributed by atoms with Crippen LogP contribution in [0.25, 0.3) is 6.08 Å². The highest BCUT2D eigenvalue weighted by atomic mass is 16.5. The fourth-order valence-corrected chi connectivity index (χ4v) is 3.67. The molecule has 3 aromatic carbocycles. The van der Waals surface area contributed by atoms with E-state index >= 15 is 0 Å². The molecular formula is C25H24N4O3. The first kappa shape index (κ1) is 21.1. The molecule has 32 heavy (non-hydrogen) atoms. The molecule has 4 rings (SSSR count). The minimum Gasteiger partial charge on any atom is -0.364 e. The highest BCUT2D eigenvalue weighted by Gasteiger charge is 2.26. The molecule has 0 unspecified atom stereocenters. The zero-order valence-electron chi connectivity index (χ0n) is 17.4. The third kappa shape index (κ3) is 4.96. The van der Waals surface area contributed by atoms with Crippen molar-refractivity contribution in [2.45, 2.75) is 6.54 Å². The Hall–Kier alpha value is -4.10. The van der Waals surface area contributed by atoms with Crippen LogP contribution in [-0.2, 0) is 11.3 Å². The Morgan fingerprint density at radius 1 is 0.875 bits per heavy atom. The molecule has 7 heteroatoms. The fourth-order valence-electron chi connectivity index (χ4n) is 3.67. The summed E-state index contributed by atoms with van der Waals surface area (Å²) in [7, 11) is 0. The van der Waals surface area contributed by atoms with E-state index in [2.05, 4.69) is 10.2 Å². The van der Waals surface area contributed by atoms with Gasteiger partial charge in [0.2, 0.25) is 0 Å². The van der Waals surface area contributed by atoms with Crippen LogP contribution in [-0.4, -0.2) is 30.2 Å². The van der Waals surface area contributed by atoms with Crippen LogP contribution in [0, 0.1) is 0 Å². The van der Waals surface area contributed by atoms with Gasteiger partial charge in [-0.15, -0.1) is 0 Å². The molecule has 0 bridgehead atoms. The number of amides is 3. The van der Waals surface area contributed by atoms with Gasteiger partial charge in [-0.1, -0.05) is 54.6 Å². The van der Waals surface area contributed by atoms with Crippen molar-refractivity contribution in [1.82, 2.24) is 5.48 Å². The van der Waals surface area contributed by atoms with Gasteiger partial charge < -0.3 is 10.2 Å². The summed E-state index contributed by atoms with van der Waals surface area (Å²) < 4.78 is 0. The van der Waals surface area contributed by atoms with E-state index in [1.54, 1.807) is 16.5 Å². The van der Waals surface area contributed by atoms with Gasteiger partial charge >= 0.3 is 6.03 Å². The van der Waals surface area contributed by atoms with E-state index in [1.165, 1.54) is 6.08 Å². The van der Waals surface area contributed by atoms with Crippen LogP contribution in [0.4, 0.5) is 21.9 Å². The average molecular weight is 428 g/mol.